The molecule has 0 fully saturated rings. The first kappa shape index (κ1) is 26.1. The van der Waals surface area contributed by atoms with E-state index in [0.29, 0.717) is 47.8 Å². The first-order chi connectivity index (χ1) is 15.4. The van der Waals surface area contributed by atoms with Gasteiger partial charge in [0.25, 0.3) is 11.5 Å². The number of carboxylic acids is 1. The topological polar surface area (TPSA) is 121 Å². The Labute approximate surface area is 194 Å². The number of aliphatic carboxylic acids is 1. The van der Waals surface area contributed by atoms with Gasteiger partial charge >= 0.3 is 5.97 Å². The highest BCUT2D eigenvalue weighted by Gasteiger charge is 2.46. The number of nitrogens with zero attached hydrogens (tertiary/aromatic N) is 1. The van der Waals surface area contributed by atoms with Gasteiger partial charge in [-0.05, 0) is 49.8 Å². The summed E-state index contributed by atoms with van der Waals surface area (Å²) in [6.45, 7) is 13.0. The number of aromatic amines is 1. The van der Waals surface area contributed by atoms with Crippen molar-refractivity contribution >= 4 is 11.9 Å². The molecule has 0 bridgehead atoms. The molecule has 1 atom stereocenters. The van der Waals surface area contributed by atoms with Crippen LogP contribution in [0.2, 0.25) is 0 Å². The number of hydrogen-bond acceptors (Lipinski definition) is 5. The minimum atomic E-state index is -1.49. The molecule has 0 saturated carbocycles. The summed E-state index contributed by atoms with van der Waals surface area (Å²) in [5, 5.41) is 12.5. The number of nitrogens with one attached hydrogen (secondary N) is 2. The summed E-state index contributed by atoms with van der Waals surface area (Å²) in [7, 11) is 0. The van der Waals surface area contributed by atoms with Crippen molar-refractivity contribution in [2.45, 2.75) is 73.3 Å². The smallest absolute Gasteiger partial charge is 0.329 e. The second kappa shape index (κ2) is 10.2. The van der Waals surface area contributed by atoms with Crippen LogP contribution in [-0.2, 0) is 17.6 Å². The Balaban J connectivity index is 2.61. The third-order valence-corrected chi connectivity index (χ3v) is 6.04. The maximum absolute atomic E-state index is 13.1. The van der Waals surface area contributed by atoms with Gasteiger partial charge in [0.1, 0.15) is 17.1 Å². The van der Waals surface area contributed by atoms with E-state index in [9.17, 15) is 19.5 Å². The molecule has 0 radical (unpaired) electrons. The van der Waals surface area contributed by atoms with Crippen molar-refractivity contribution in [2.75, 3.05) is 6.61 Å². The first-order valence-corrected chi connectivity index (χ1v) is 11.3. The lowest BCUT2D eigenvalue weighted by atomic mass is 9.74. The molecule has 0 saturated heterocycles. The molecular weight excluding hydrogens is 422 g/mol. The van der Waals surface area contributed by atoms with Crippen molar-refractivity contribution < 1.29 is 19.4 Å². The Bertz CT molecular complexity index is 1080. The van der Waals surface area contributed by atoms with Gasteiger partial charge in [-0.3, -0.25) is 9.59 Å². The zero-order chi connectivity index (χ0) is 25.0. The quantitative estimate of drug-likeness (QED) is 0.524. The molecule has 33 heavy (non-hydrogen) atoms. The zero-order valence-electron chi connectivity index (χ0n) is 20.6. The van der Waals surface area contributed by atoms with Gasteiger partial charge < -0.3 is 20.1 Å². The number of carbonyl (C=O) groups is 2. The van der Waals surface area contributed by atoms with E-state index in [-0.39, 0.29) is 11.1 Å². The lowest BCUT2D eigenvalue weighted by Crippen LogP contribution is -2.60. The standard InChI is InChI=1S/C25H35N3O5/c1-8-13-33-19-12-11-15(21(29)28-25(7,23(31)32)24(4,5)6)14-17(19)20-26-18(10-3)16(9-2)22(30)27-20/h11-12,14H,8-10,13H2,1-7H3,(H,28,29)(H,31,32)(H,26,27,30). The average Bonchev–Trinajstić information content (AvgIpc) is 2.75. The molecule has 3 N–H and O–H groups in total. The summed E-state index contributed by atoms with van der Waals surface area (Å²) >= 11 is 0. The highest BCUT2D eigenvalue weighted by molar-refractivity contribution is 5.99. The van der Waals surface area contributed by atoms with Gasteiger partial charge in [-0.15, -0.1) is 0 Å². The Hall–Kier alpha value is -3.16. The normalized spacial score (nSPS) is 13.3. The number of benzene rings is 1. The first-order valence-electron chi connectivity index (χ1n) is 11.3. The number of hydrogen-bond donors (Lipinski definition) is 3. The van der Waals surface area contributed by atoms with Crippen LogP contribution in [0.5, 0.6) is 5.75 Å². The summed E-state index contributed by atoms with van der Waals surface area (Å²) in [5.41, 5.74) is -0.412. The Morgan fingerprint density at radius 2 is 1.79 bits per heavy atom. The molecule has 1 aromatic heterocycles. The molecule has 1 amide bonds. The maximum Gasteiger partial charge on any atom is 0.329 e. The van der Waals surface area contributed by atoms with Crippen molar-refractivity contribution in [3.05, 3.63) is 45.4 Å². The van der Waals surface area contributed by atoms with E-state index in [2.05, 4.69) is 15.3 Å². The Morgan fingerprint density at radius 3 is 2.30 bits per heavy atom. The summed E-state index contributed by atoms with van der Waals surface area (Å²) in [5.74, 6) is -0.868. The van der Waals surface area contributed by atoms with E-state index in [1.807, 2.05) is 20.8 Å². The molecule has 2 rings (SSSR count). The minimum absolute atomic E-state index is 0.221. The van der Waals surface area contributed by atoms with Crippen molar-refractivity contribution in [3.8, 4) is 17.1 Å². The van der Waals surface area contributed by atoms with Gasteiger partial charge in [0.05, 0.1) is 17.9 Å². The van der Waals surface area contributed by atoms with Crippen LogP contribution < -0.4 is 15.6 Å². The molecule has 0 aliphatic rings. The fraction of sp³-hybridized carbons (Fsp3) is 0.520. The summed E-state index contributed by atoms with van der Waals surface area (Å²) < 4.78 is 5.85. The van der Waals surface area contributed by atoms with E-state index in [1.54, 1.807) is 39.0 Å². The molecule has 180 valence electrons. The predicted molar refractivity (Wildman–Crippen MR) is 128 cm³/mol. The molecular formula is C25H35N3O5. The highest BCUT2D eigenvalue weighted by atomic mass is 16.5. The molecule has 1 heterocycles. The molecule has 1 unspecified atom stereocenters. The van der Waals surface area contributed by atoms with E-state index in [1.165, 1.54) is 6.92 Å². The number of ether oxygens (including phenoxy) is 1. The number of rotatable bonds is 9. The predicted octanol–water partition coefficient (Wildman–Crippen LogP) is 3.97. The molecule has 2 aromatic rings. The van der Waals surface area contributed by atoms with Crippen molar-refractivity contribution in [1.82, 2.24) is 15.3 Å². The number of carboxylic acid groups (broad SMARTS) is 1. The van der Waals surface area contributed by atoms with Crippen LogP contribution in [0.4, 0.5) is 0 Å². The van der Waals surface area contributed by atoms with Crippen molar-refractivity contribution in [1.29, 1.82) is 0 Å². The van der Waals surface area contributed by atoms with Crippen LogP contribution >= 0.6 is 0 Å². The van der Waals surface area contributed by atoms with Crippen molar-refractivity contribution in [3.63, 3.8) is 0 Å². The van der Waals surface area contributed by atoms with Crippen LogP contribution in [0.3, 0.4) is 0 Å². The largest absolute Gasteiger partial charge is 0.493 e. The lowest BCUT2D eigenvalue weighted by Gasteiger charge is -2.38. The second-order valence-corrected chi connectivity index (χ2v) is 9.24. The van der Waals surface area contributed by atoms with Gasteiger partial charge in [-0.2, -0.15) is 0 Å². The number of carbonyl (C=O) groups excluding carboxylic acids is 1. The fourth-order valence-electron chi connectivity index (χ4n) is 3.38. The number of aromatic nitrogens is 2. The Morgan fingerprint density at radius 1 is 1.12 bits per heavy atom. The van der Waals surface area contributed by atoms with E-state index in [4.69, 9.17) is 4.74 Å². The minimum Gasteiger partial charge on any atom is -0.493 e. The Kier molecular flexibility index (Phi) is 8.06. The molecule has 8 nitrogen and oxygen atoms in total. The summed E-state index contributed by atoms with van der Waals surface area (Å²) in [6.07, 6.45) is 1.94. The third kappa shape index (κ3) is 5.43. The summed E-state index contributed by atoms with van der Waals surface area (Å²) in [6, 6.07) is 4.80. The van der Waals surface area contributed by atoms with Crippen LogP contribution in [0.25, 0.3) is 11.4 Å². The zero-order valence-corrected chi connectivity index (χ0v) is 20.6. The third-order valence-electron chi connectivity index (χ3n) is 6.04. The van der Waals surface area contributed by atoms with E-state index >= 15 is 0 Å². The van der Waals surface area contributed by atoms with Crippen LogP contribution in [-0.4, -0.2) is 39.1 Å². The van der Waals surface area contributed by atoms with Gasteiger partial charge in [-0.1, -0.05) is 41.5 Å². The van der Waals surface area contributed by atoms with Gasteiger partial charge in [0.15, 0.2) is 0 Å². The van der Waals surface area contributed by atoms with Crippen LogP contribution in [0.1, 0.15) is 76.5 Å². The van der Waals surface area contributed by atoms with Gasteiger partial charge in [0, 0.05) is 11.1 Å². The number of H-pyrrole nitrogens is 1. The van der Waals surface area contributed by atoms with Crippen molar-refractivity contribution in [2.24, 2.45) is 5.41 Å². The highest BCUT2D eigenvalue weighted by Crippen LogP contribution is 2.32. The van der Waals surface area contributed by atoms with Crippen LogP contribution in [0, 0.1) is 5.41 Å². The van der Waals surface area contributed by atoms with Crippen LogP contribution in [0.15, 0.2) is 23.0 Å². The monoisotopic (exact) mass is 457 g/mol. The molecule has 0 aliphatic carbocycles. The molecule has 8 heteroatoms. The maximum atomic E-state index is 13.1. The number of amides is 1. The molecule has 0 spiro atoms. The average molecular weight is 458 g/mol. The SMILES string of the molecule is CCCOc1ccc(C(=O)NC(C)(C(=O)O)C(C)(C)C)cc1-c1nc(CC)c(CC)c(=O)[nH]1. The van der Waals surface area contributed by atoms with Gasteiger partial charge in [0.2, 0.25) is 0 Å². The van der Waals surface area contributed by atoms with E-state index < -0.39 is 22.8 Å². The summed E-state index contributed by atoms with van der Waals surface area (Å²) in [4.78, 5) is 45.2. The number of aryl methyl sites for hydroxylation is 1. The second-order valence-electron chi connectivity index (χ2n) is 9.24. The lowest BCUT2D eigenvalue weighted by molar-refractivity contribution is -0.148. The fourth-order valence-corrected chi connectivity index (χ4v) is 3.38. The molecule has 0 aliphatic heterocycles. The van der Waals surface area contributed by atoms with E-state index in [0.717, 1.165) is 6.42 Å². The molecule has 1 aromatic carbocycles. The van der Waals surface area contributed by atoms with Gasteiger partial charge in [-0.25, -0.2) is 9.78 Å².